The number of nitrogens with zero attached hydrogens (tertiary/aromatic N) is 3. The van der Waals surface area contributed by atoms with Gasteiger partial charge in [0, 0.05) is 31.4 Å². The van der Waals surface area contributed by atoms with Crippen LogP contribution in [-0.2, 0) is 10.9 Å². The molecule has 0 aliphatic carbocycles. The van der Waals surface area contributed by atoms with Crippen LogP contribution >= 0.6 is 0 Å². The number of alkyl halides is 3. The van der Waals surface area contributed by atoms with Crippen molar-refractivity contribution in [3.8, 4) is 0 Å². The van der Waals surface area contributed by atoms with Crippen LogP contribution in [0.15, 0.2) is 18.3 Å². The Morgan fingerprint density at radius 1 is 1.25 bits per heavy atom. The third kappa shape index (κ3) is 5.35. The number of aliphatic hydroxyl groups is 1. The minimum absolute atomic E-state index is 0.134. The summed E-state index contributed by atoms with van der Waals surface area (Å²) in [6, 6.07) is 1.39. The van der Waals surface area contributed by atoms with Crippen LogP contribution in [-0.4, -0.2) is 63.4 Å². The lowest BCUT2D eigenvalue weighted by Crippen LogP contribution is -2.59. The minimum atomic E-state index is -4.46. The van der Waals surface area contributed by atoms with Gasteiger partial charge in [0.25, 0.3) is 0 Å². The molecule has 1 aromatic rings. The van der Waals surface area contributed by atoms with E-state index in [1.165, 1.54) is 6.07 Å². The second-order valence-corrected chi connectivity index (χ2v) is 8.20. The standard InChI is InChI=1S/C19H28F3N3O3/c1-12-10-25(17(27)28-18(3,4)5)13(2)9-24(12)16(11-26)15-7-6-14(8-23-15)19(20,21)22/h6-8,12-13,16,26H,9-11H2,1-5H3/t12-,13+,16?/m1/s1. The Morgan fingerprint density at radius 2 is 1.89 bits per heavy atom. The first kappa shape index (κ1) is 22.4. The zero-order chi connectivity index (χ0) is 21.3. The maximum atomic E-state index is 12.8. The smallest absolute Gasteiger partial charge is 0.417 e. The van der Waals surface area contributed by atoms with Gasteiger partial charge in [-0.25, -0.2) is 4.79 Å². The number of aliphatic hydroxyl groups excluding tert-OH is 1. The number of pyridine rings is 1. The molecule has 1 unspecified atom stereocenters. The molecule has 1 aliphatic rings. The second kappa shape index (κ2) is 8.24. The van der Waals surface area contributed by atoms with Crippen molar-refractivity contribution < 1.29 is 27.8 Å². The predicted octanol–water partition coefficient (Wildman–Crippen LogP) is 3.46. The highest BCUT2D eigenvalue weighted by atomic mass is 19.4. The largest absolute Gasteiger partial charge is 0.444 e. The second-order valence-electron chi connectivity index (χ2n) is 8.20. The number of amides is 1. The number of hydrogen-bond acceptors (Lipinski definition) is 5. The van der Waals surface area contributed by atoms with E-state index >= 15 is 0 Å². The van der Waals surface area contributed by atoms with E-state index in [1.54, 1.807) is 25.7 Å². The van der Waals surface area contributed by atoms with Crippen molar-refractivity contribution in [2.45, 2.75) is 64.5 Å². The SMILES string of the molecule is C[C@@H]1CN(C(=O)OC(C)(C)C)[C@@H](C)CN1C(CO)c1ccc(C(F)(F)F)cn1. The van der Waals surface area contributed by atoms with E-state index in [-0.39, 0.29) is 18.7 Å². The number of carbonyl (C=O) groups excluding carboxylic acids is 1. The molecule has 2 heterocycles. The molecule has 1 aromatic heterocycles. The van der Waals surface area contributed by atoms with Crippen LogP contribution in [0.5, 0.6) is 0 Å². The summed E-state index contributed by atoms with van der Waals surface area (Å²) in [4.78, 5) is 20.0. The minimum Gasteiger partial charge on any atom is -0.444 e. The molecule has 1 N–H and O–H groups in total. The van der Waals surface area contributed by atoms with Gasteiger partial charge in [0.2, 0.25) is 0 Å². The van der Waals surface area contributed by atoms with E-state index < -0.39 is 29.5 Å². The summed E-state index contributed by atoms with van der Waals surface area (Å²) in [5.74, 6) is 0. The van der Waals surface area contributed by atoms with Crippen molar-refractivity contribution >= 4 is 6.09 Å². The molecule has 0 saturated carbocycles. The Kier molecular flexibility index (Phi) is 6.60. The quantitative estimate of drug-likeness (QED) is 0.837. The molecule has 0 aromatic carbocycles. The van der Waals surface area contributed by atoms with Crippen LogP contribution < -0.4 is 0 Å². The Balaban J connectivity index is 2.15. The summed E-state index contributed by atoms with van der Waals surface area (Å²) < 4.78 is 43.7. The fourth-order valence-electron chi connectivity index (χ4n) is 3.30. The number of piperazine rings is 1. The average molecular weight is 403 g/mol. The van der Waals surface area contributed by atoms with Crippen molar-refractivity contribution in [2.24, 2.45) is 0 Å². The molecule has 0 bridgehead atoms. The van der Waals surface area contributed by atoms with Gasteiger partial charge in [0.05, 0.1) is 23.9 Å². The van der Waals surface area contributed by atoms with Gasteiger partial charge in [-0.05, 0) is 46.8 Å². The molecular weight excluding hydrogens is 375 g/mol. The van der Waals surface area contributed by atoms with Crippen LogP contribution in [0.1, 0.15) is 51.9 Å². The normalized spacial score (nSPS) is 22.8. The first-order chi connectivity index (χ1) is 12.8. The van der Waals surface area contributed by atoms with E-state index in [1.807, 2.05) is 18.7 Å². The molecule has 158 valence electrons. The lowest BCUT2D eigenvalue weighted by molar-refractivity contribution is -0.137. The van der Waals surface area contributed by atoms with Crippen molar-refractivity contribution in [1.82, 2.24) is 14.8 Å². The highest BCUT2D eigenvalue weighted by molar-refractivity contribution is 5.68. The van der Waals surface area contributed by atoms with Gasteiger partial charge in [0.15, 0.2) is 0 Å². The van der Waals surface area contributed by atoms with Crippen molar-refractivity contribution in [3.63, 3.8) is 0 Å². The average Bonchev–Trinajstić information content (AvgIpc) is 2.56. The summed E-state index contributed by atoms with van der Waals surface area (Å²) in [7, 11) is 0. The monoisotopic (exact) mass is 403 g/mol. The summed E-state index contributed by atoms with van der Waals surface area (Å²) >= 11 is 0. The van der Waals surface area contributed by atoms with Crippen LogP contribution in [0.4, 0.5) is 18.0 Å². The maximum Gasteiger partial charge on any atom is 0.417 e. The van der Waals surface area contributed by atoms with Crippen LogP contribution in [0.2, 0.25) is 0 Å². The molecule has 1 fully saturated rings. The maximum absolute atomic E-state index is 12.8. The summed E-state index contributed by atoms with van der Waals surface area (Å²) in [6.45, 7) is 9.70. The number of aromatic nitrogens is 1. The van der Waals surface area contributed by atoms with Gasteiger partial charge in [0.1, 0.15) is 5.60 Å². The summed E-state index contributed by atoms with van der Waals surface area (Å²) in [5.41, 5.74) is -1.07. The Bertz CT molecular complexity index is 674. The van der Waals surface area contributed by atoms with E-state index in [4.69, 9.17) is 4.74 Å². The topological polar surface area (TPSA) is 65.9 Å². The van der Waals surface area contributed by atoms with Crippen LogP contribution in [0.3, 0.4) is 0 Å². The summed E-state index contributed by atoms with van der Waals surface area (Å²) in [5, 5.41) is 9.88. The van der Waals surface area contributed by atoms with Gasteiger partial charge in [-0.1, -0.05) is 0 Å². The zero-order valence-corrected chi connectivity index (χ0v) is 16.8. The molecular formula is C19H28F3N3O3. The van der Waals surface area contributed by atoms with E-state index in [0.717, 1.165) is 12.3 Å². The van der Waals surface area contributed by atoms with Gasteiger partial charge in [-0.3, -0.25) is 9.88 Å². The first-order valence-corrected chi connectivity index (χ1v) is 9.23. The van der Waals surface area contributed by atoms with Gasteiger partial charge in [-0.2, -0.15) is 13.2 Å². The molecule has 2 rings (SSSR count). The zero-order valence-electron chi connectivity index (χ0n) is 16.8. The third-order valence-corrected chi connectivity index (χ3v) is 4.69. The van der Waals surface area contributed by atoms with E-state index in [2.05, 4.69) is 4.98 Å². The Labute approximate surface area is 163 Å². The fraction of sp³-hybridized carbons (Fsp3) is 0.684. The fourth-order valence-corrected chi connectivity index (χ4v) is 3.30. The van der Waals surface area contributed by atoms with Crippen LogP contribution in [0, 0.1) is 0 Å². The third-order valence-electron chi connectivity index (χ3n) is 4.69. The molecule has 28 heavy (non-hydrogen) atoms. The number of ether oxygens (including phenoxy) is 1. The van der Waals surface area contributed by atoms with E-state index in [0.29, 0.717) is 18.8 Å². The highest BCUT2D eigenvalue weighted by Crippen LogP contribution is 2.31. The van der Waals surface area contributed by atoms with Gasteiger partial charge in [-0.15, -0.1) is 0 Å². The van der Waals surface area contributed by atoms with Crippen molar-refractivity contribution in [2.75, 3.05) is 19.7 Å². The van der Waals surface area contributed by atoms with Gasteiger partial charge >= 0.3 is 12.3 Å². The molecule has 1 amide bonds. The molecule has 9 heteroatoms. The molecule has 1 saturated heterocycles. The predicted molar refractivity (Wildman–Crippen MR) is 97.6 cm³/mol. The lowest BCUT2D eigenvalue weighted by Gasteiger charge is -2.46. The Morgan fingerprint density at radius 3 is 2.36 bits per heavy atom. The van der Waals surface area contributed by atoms with Crippen molar-refractivity contribution in [3.05, 3.63) is 29.6 Å². The van der Waals surface area contributed by atoms with Crippen molar-refractivity contribution in [1.29, 1.82) is 0 Å². The molecule has 0 radical (unpaired) electrons. The Hall–Kier alpha value is -1.87. The number of hydrogen-bond donors (Lipinski definition) is 1. The van der Waals surface area contributed by atoms with E-state index in [9.17, 15) is 23.1 Å². The molecule has 3 atom stereocenters. The van der Waals surface area contributed by atoms with Gasteiger partial charge < -0.3 is 14.7 Å². The van der Waals surface area contributed by atoms with Crippen LogP contribution in [0.25, 0.3) is 0 Å². The highest BCUT2D eigenvalue weighted by Gasteiger charge is 2.38. The molecule has 1 aliphatic heterocycles. The summed E-state index contributed by atoms with van der Waals surface area (Å²) in [6.07, 6.45) is -4.08. The molecule has 6 nitrogen and oxygen atoms in total. The molecule has 0 spiro atoms. The number of carbonyl (C=O) groups is 1. The first-order valence-electron chi connectivity index (χ1n) is 9.23. The lowest BCUT2D eigenvalue weighted by atomic mass is 10.0. The number of halogens is 3. The number of rotatable bonds is 3.